The van der Waals surface area contributed by atoms with Gasteiger partial charge in [-0.15, -0.1) is 11.8 Å². The Morgan fingerprint density at radius 3 is 2.60 bits per heavy atom. The summed E-state index contributed by atoms with van der Waals surface area (Å²) in [5, 5.41) is 11.5. The van der Waals surface area contributed by atoms with Gasteiger partial charge in [0.25, 0.3) is 0 Å². The molecule has 0 spiro atoms. The fourth-order valence-corrected chi connectivity index (χ4v) is 3.68. The summed E-state index contributed by atoms with van der Waals surface area (Å²) in [7, 11) is 0. The van der Waals surface area contributed by atoms with Gasteiger partial charge >= 0.3 is 5.97 Å². The summed E-state index contributed by atoms with van der Waals surface area (Å²) in [6.45, 7) is 1.65. The summed E-state index contributed by atoms with van der Waals surface area (Å²) >= 11 is 1.17. The van der Waals surface area contributed by atoms with Crippen LogP contribution in [0.15, 0.2) is 53.4 Å². The molecule has 3 rings (SSSR count). The van der Waals surface area contributed by atoms with Gasteiger partial charge in [0.05, 0.1) is 22.2 Å². The molecular formula is C18H16N2O4S. The van der Waals surface area contributed by atoms with E-state index in [2.05, 4.69) is 5.32 Å². The molecule has 0 unspecified atom stereocenters. The number of hydrogen-bond donors (Lipinski definition) is 2. The Balaban J connectivity index is 1.84. The first-order chi connectivity index (χ1) is 12.0. The van der Waals surface area contributed by atoms with Crippen LogP contribution in [-0.4, -0.2) is 34.7 Å². The van der Waals surface area contributed by atoms with Crippen molar-refractivity contribution in [2.75, 3.05) is 16.8 Å². The molecule has 128 valence electrons. The molecule has 1 aliphatic heterocycles. The van der Waals surface area contributed by atoms with Crippen molar-refractivity contribution in [2.45, 2.75) is 17.1 Å². The molecule has 0 aliphatic carbocycles. The third kappa shape index (κ3) is 3.51. The van der Waals surface area contributed by atoms with Crippen LogP contribution >= 0.6 is 11.8 Å². The van der Waals surface area contributed by atoms with E-state index in [1.165, 1.54) is 22.7 Å². The molecule has 0 saturated heterocycles. The molecule has 1 aliphatic rings. The highest BCUT2D eigenvalue weighted by Crippen LogP contribution is 2.33. The summed E-state index contributed by atoms with van der Waals surface area (Å²) < 4.78 is 0. The number of carboxylic acid groups (broad SMARTS) is 1. The number of carbonyl (C=O) groups excluding carboxylic acids is 2. The number of aromatic carboxylic acids is 1. The highest BCUT2D eigenvalue weighted by molar-refractivity contribution is 8.00. The van der Waals surface area contributed by atoms with Crippen LogP contribution < -0.4 is 10.2 Å². The number of rotatable bonds is 4. The monoisotopic (exact) mass is 356 g/mol. The normalized spacial score (nSPS) is 14.4. The molecule has 0 radical (unpaired) electrons. The van der Waals surface area contributed by atoms with Crippen LogP contribution in [0.2, 0.25) is 0 Å². The van der Waals surface area contributed by atoms with Crippen molar-refractivity contribution in [3.63, 3.8) is 0 Å². The van der Waals surface area contributed by atoms with Crippen LogP contribution in [-0.2, 0) is 9.59 Å². The maximum Gasteiger partial charge on any atom is 0.336 e. The summed E-state index contributed by atoms with van der Waals surface area (Å²) in [5.74, 6) is -1.53. The minimum absolute atomic E-state index is 0.0542. The molecule has 0 fully saturated rings. The molecule has 2 amide bonds. The standard InChI is InChI=1S/C18H16N2O4S/c1-11(25-15-9-5-2-6-12(15)18(23)24)17(22)20-10-16(21)19-13-7-3-4-8-14(13)20/h2-9,11H,10H2,1H3,(H,19,21)(H,23,24)/t11-/m0/s1. The number of fused-ring (bicyclic) bond motifs is 1. The van der Waals surface area contributed by atoms with E-state index < -0.39 is 11.2 Å². The Morgan fingerprint density at radius 2 is 1.84 bits per heavy atom. The zero-order chi connectivity index (χ0) is 18.0. The van der Waals surface area contributed by atoms with Crippen molar-refractivity contribution in [3.05, 3.63) is 54.1 Å². The van der Waals surface area contributed by atoms with Crippen molar-refractivity contribution >= 4 is 40.9 Å². The minimum Gasteiger partial charge on any atom is -0.478 e. The Hall–Kier alpha value is -2.80. The molecule has 0 bridgehead atoms. The minimum atomic E-state index is -1.04. The largest absolute Gasteiger partial charge is 0.478 e. The van der Waals surface area contributed by atoms with Gasteiger partial charge in [-0.3, -0.25) is 14.5 Å². The molecule has 2 N–H and O–H groups in total. The topological polar surface area (TPSA) is 86.7 Å². The first kappa shape index (κ1) is 17.0. The smallest absolute Gasteiger partial charge is 0.336 e. The van der Waals surface area contributed by atoms with Gasteiger partial charge in [0, 0.05) is 4.90 Å². The Bertz CT molecular complexity index is 852. The first-order valence-corrected chi connectivity index (χ1v) is 8.54. The third-order valence-electron chi connectivity index (χ3n) is 3.81. The van der Waals surface area contributed by atoms with Gasteiger partial charge < -0.3 is 10.4 Å². The highest BCUT2D eigenvalue weighted by atomic mass is 32.2. The van der Waals surface area contributed by atoms with Gasteiger partial charge in [0.1, 0.15) is 6.54 Å². The predicted molar refractivity (Wildman–Crippen MR) is 96.1 cm³/mol. The van der Waals surface area contributed by atoms with Gasteiger partial charge in [0.15, 0.2) is 0 Å². The number of thioether (sulfide) groups is 1. The molecule has 7 heteroatoms. The van der Waals surface area contributed by atoms with Crippen LogP contribution in [0.1, 0.15) is 17.3 Å². The van der Waals surface area contributed by atoms with E-state index in [1.54, 1.807) is 49.4 Å². The highest BCUT2D eigenvalue weighted by Gasteiger charge is 2.30. The molecule has 1 atom stereocenters. The maximum atomic E-state index is 12.9. The number of para-hydroxylation sites is 2. The van der Waals surface area contributed by atoms with Gasteiger partial charge in [0.2, 0.25) is 11.8 Å². The molecular weight excluding hydrogens is 340 g/mol. The fourth-order valence-electron chi connectivity index (χ4n) is 2.64. The van der Waals surface area contributed by atoms with Crippen molar-refractivity contribution in [1.29, 1.82) is 0 Å². The van der Waals surface area contributed by atoms with Crippen molar-refractivity contribution in [3.8, 4) is 0 Å². The summed E-state index contributed by atoms with van der Waals surface area (Å²) in [6, 6.07) is 13.7. The van der Waals surface area contributed by atoms with E-state index in [4.69, 9.17) is 0 Å². The molecule has 6 nitrogen and oxygen atoms in total. The van der Waals surface area contributed by atoms with Crippen LogP contribution in [0, 0.1) is 0 Å². The second-order valence-electron chi connectivity index (χ2n) is 5.55. The lowest BCUT2D eigenvalue weighted by molar-refractivity contribution is -0.121. The summed E-state index contributed by atoms with van der Waals surface area (Å²) in [6.07, 6.45) is 0. The van der Waals surface area contributed by atoms with Crippen LogP contribution in [0.5, 0.6) is 0 Å². The number of nitrogens with zero attached hydrogens (tertiary/aromatic N) is 1. The first-order valence-electron chi connectivity index (χ1n) is 7.66. The SMILES string of the molecule is C[C@H](Sc1ccccc1C(=O)O)C(=O)N1CC(=O)Nc2ccccc21. The Labute approximate surface area is 148 Å². The second kappa shape index (κ2) is 6.98. The number of amides is 2. The number of nitrogens with one attached hydrogen (secondary N) is 1. The number of anilines is 2. The quantitative estimate of drug-likeness (QED) is 0.823. The summed E-state index contributed by atoms with van der Waals surface area (Å²) in [5.41, 5.74) is 1.39. The van der Waals surface area contributed by atoms with Gasteiger partial charge in [-0.1, -0.05) is 24.3 Å². The maximum absolute atomic E-state index is 12.9. The van der Waals surface area contributed by atoms with Crippen molar-refractivity contribution in [2.24, 2.45) is 0 Å². The molecule has 2 aromatic rings. The van der Waals surface area contributed by atoms with E-state index in [1.807, 2.05) is 0 Å². The van der Waals surface area contributed by atoms with Crippen LogP contribution in [0.4, 0.5) is 11.4 Å². The molecule has 0 aromatic heterocycles. The molecule has 1 heterocycles. The van der Waals surface area contributed by atoms with E-state index in [-0.39, 0.29) is 23.9 Å². The van der Waals surface area contributed by atoms with Gasteiger partial charge in [-0.2, -0.15) is 0 Å². The number of carboxylic acids is 1. The molecule has 2 aromatic carbocycles. The zero-order valence-electron chi connectivity index (χ0n) is 13.4. The lowest BCUT2D eigenvalue weighted by atomic mass is 10.2. The van der Waals surface area contributed by atoms with E-state index in [0.717, 1.165) is 0 Å². The van der Waals surface area contributed by atoms with Crippen molar-refractivity contribution < 1.29 is 19.5 Å². The van der Waals surface area contributed by atoms with E-state index in [9.17, 15) is 19.5 Å². The Kier molecular flexibility index (Phi) is 4.76. The van der Waals surface area contributed by atoms with E-state index >= 15 is 0 Å². The number of benzene rings is 2. The van der Waals surface area contributed by atoms with Crippen LogP contribution in [0.3, 0.4) is 0 Å². The van der Waals surface area contributed by atoms with E-state index in [0.29, 0.717) is 16.3 Å². The lowest BCUT2D eigenvalue weighted by Crippen LogP contribution is -2.45. The predicted octanol–water partition coefficient (Wildman–Crippen LogP) is 2.85. The lowest BCUT2D eigenvalue weighted by Gasteiger charge is -2.31. The molecule has 25 heavy (non-hydrogen) atoms. The van der Waals surface area contributed by atoms with Crippen LogP contribution in [0.25, 0.3) is 0 Å². The summed E-state index contributed by atoms with van der Waals surface area (Å²) in [4.78, 5) is 38.0. The Morgan fingerprint density at radius 1 is 1.16 bits per heavy atom. The molecule has 0 saturated carbocycles. The second-order valence-corrected chi connectivity index (χ2v) is 6.93. The fraction of sp³-hybridized carbons (Fsp3) is 0.167. The van der Waals surface area contributed by atoms with Crippen molar-refractivity contribution in [1.82, 2.24) is 0 Å². The zero-order valence-corrected chi connectivity index (χ0v) is 14.2. The van der Waals surface area contributed by atoms with Gasteiger partial charge in [-0.25, -0.2) is 4.79 Å². The average molecular weight is 356 g/mol. The third-order valence-corrected chi connectivity index (χ3v) is 4.97. The van der Waals surface area contributed by atoms with Gasteiger partial charge in [-0.05, 0) is 31.2 Å². The number of carbonyl (C=O) groups is 3. The number of hydrogen-bond acceptors (Lipinski definition) is 4. The average Bonchev–Trinajstić information content (AvgIpc) is 2.60.